The fraction of sp³-hybridized carbons (Fsp3) is 0.611. The van der Waals surface area contributed by atoms with Crippen LogP contribution in [-0.4, -0.2) is 34.0 Å². The molecular formula is C18H27N3O3S. The SMILES string of the molecule is CCNS(=O)(=O)c1ccc(CNC(=O)[C@@]23CCCC[C@H]2CNC3)cc1. The number of nitrogens with one attached hydrogen (secondary N) is 3. The van der Waals surface area contributed by atoms with Crippen molar-refractivity contribution in [1.82, 2.24) is 15.4 Å². The Labute approximate surface area is 149 Å². The minimum absolute atomic E-state index is 0.131. The number of fused-ring (bicyclic) bond motifs is 1. The number of hydrogen-bond acceptors (Lipinski definition) is 4. The van der Waals surface area contributed by atoms with E-state index in [4.69, 9.17) is 0 Å². The molecule has 3 N–H and O–H groups in total. The first-order valence-corrected chi connectivity index (χ1v) is 10.5. The van der Waals surface area contributed by atoms with E-state index in [0.29, 0.717) is 19.0 Å². The maximum Gasteiger partial charge on any atom is 0.240 e. The van der Waals surface area contributed by atoms with Gasteiger partial charge in [0.25, 0.3) is 0 Å². The van der Waals surface area contributed by atoms with Crippen LogP contribution in [0.15, 0.2) is 29.2 Å². The smallest absolute Gasteiger partial charge is 0.240 e. The van der Waals surface area contributed by atoms with Crippen LogP contribution in [0.4, 0.5) is 0 Å². The molecule has 1 aliphatic carbocycles. The second-order valence-electron chi connectivity index (χ2n) is 7.06. The van der Waals surface area contributed by atoms with E-state index < -0.39 is 10.0 Å². The van der Waals surface area contributed by atoms with E-state index in [1.807, 2.05) is 0 Å². The summed E-state index contributed by atoms with van der Waals surface area (Å²) in [6, 6.07) is 6.68. The van der Waals surface area contributed by atoms with Gasteiger partial charge in [-0.1, -0.05) is 31.9 Å². The van der Waals surface area contributed by atoms with Crippen molar-refractivity contribution >= 4 is 15.9 Å². The fourth-order valence-electron chi connectivity index (χ4n) is 4.11. The Hall–Kier alpha value is -1.44. The largest absolute Gasteiger partial charge is 0.351 e. The van der Waals surface area contributed by atoms with Crippen molar-refractivity contribution in [1.29, 1.82) is 0 Å². The molecule has 1 aliphatic heterocycles. The highest BCUT2D eigenvalue weighted by Gasteiger charge is 2.49. The summed E-state index contributed by atoms with van der Waals surface area (Å²) in [5, 5.41) is 6.46. The molecule has 1 saturated carbocycles. The number of benzene rings is 1. The monoisotopic (exact) mass is 365 g/mol. The summed E-state index contributed by atoms with van der Waals surface area (Å²) in [4.78, 5) is 13.1. The molecule has 0 aromatic heterocycles. The molecule has 2 fully saturated rings. The second-order valence-corrected chi connectivity index (χ2v) is 8.82. The normalized spacial score (nSPS) is 26.2. The molecule has 0 spiro atoms. The molecule has 1 aromatic rings. The second kappa shape index (κ2) is 7.43. The van der Waals surface area contributed by atoms with Crippen LogP contribution in [0.3, 0.4) is 0 Å². The zero-order valence-electron chi connectivity index (χ0n) is 14.7. The lowest BCUT2D eigenvalue weighted by molar-refractivity contribution is -0.134. The highest BCUT2D eigenvalue weighted by Crippen LogP contribution is 2.43. The van der Waals surface area contributed by atoms with Crippen LogP contribution in [0, 0.1) is 11.3 Å². The van der Waals surface area contributed by atoms with Crippen molar-refractivity contribution in [2.45, 2.75) is 44.0 Å². The molecular weight excluding hydrogens is 338 g/mol. The van der Waals surface area contributed by atoms with Gasteiger partial charge in [-0.2, -0.15) is 0 Å². The maximum atomic E-state index is 12.8. The van der Waals surface area contributed by atoms with Crippen LogP contribution < -0.4 is 15.4 Å². The van der Waals surface area contributed by atoms with E-state index in [0.717, 1.165) is 37.9 Å². The van der Waals surface area contributed by atoms with Gasteiger partial charge in [-0.25, -0.2) is 13.1 Å². The molecule has 3 rings (SSSR count). The Balaban J connectivity index is 1.63. The quantitative estimate of drug-likeness (QED) is 0.711. The van der Waals surface area contributed by atoms with Gasteiger partial charge in [-0.15, -0.1) is 0 Å². The minimum atomic E-state index is -3.43. The Morgan fingerprint density at radius 3 is 2.76 bits per heavy atom. The predicted molar refractivity (Wildman–Crippen MR) is 96.4 cm³/mol. The van der Waals surface area contributed by atoms with E-state index in [1.54, 1.807) is 31.2 Å². The van der Waals surface area contributed by atoms with Gasteiger partial charge in [0.1, 0.15) is 0 Å². The third-order valence-corrected chi connectivity index (χ3v) is 7.07. The Morgan fingerprint density at radius 2 is 2.04 bits per heavy atom. The molecule has 1 saturated heterocycles. The van der Waals surface area contributed by atoms with Crippen molar-refractivity contribution < 1.29 is 13.2 Å². The average Bonchev–Trinajstić information content (AvgIpc) is 3.05. The van der Waals surface area contributed by atoms with Gasteiger partial charge in [0.15, 0.2) is 0 Å². The van der Waals surface area contributed by atoms with Crippen molar-refractivity contribution in [3.05, 3.63) is 29.8 Å². The van der Waals surface area contributed by atoms with Crippen molar-refractivity contribution in [2.75, 3.05) is 19.6 Å². The lowest BCUT2D eigenvalue weighted by atomic mass is 9.67. The van der Waals surface area contributed by atoms with Crippen LogP contribution >= 0.6 is 0 Å². The number of amides is 1. The Kier molecular flexibility index (Phi) is 5.46. The Morgan fingerprint density at radius 1 is 1.28 bits per heavy atom. The molecule has 7 heteroatoms. The Bertz CT molecular complexity index is 718. The van der Waals surface area contributed by atoms with Gasteiger partial charge in [-0.05, 0) is 43.0 Å². The average molecular weight is 365 g/mol. The lowest BCUT2D eigenvalue weighted by Gasteiger charge is -2.37. The van der Waals surface area contributed by atoms with Crippen LogP contribution in [0.5, 0.6) is 0 Å². The first kappa shape index (κ1) is 18.4. The summed E-state index contributed by atoms with van der Waals surface area (Å²) in [5.41, 5.74) is 0.644. The topological polar surface area (TPSA) is 87.3 Å². The van der Waals surface area contributed by atoms with Gasteiger partial charge >= 0.3 is 0 Å². The molecule has 0 radical (unpaired) electrons. The summed E-state index contributed by atoms with van der Waals surface area (Å²) >= 11 is 0. The van der Waals surface area contributed by atoms with Crippen LogP contribution in [0.25, 0.3) is 0 Å². The number of carbonyl (C=O) groups excluding carboxylic acids is 1. The number of sulfonamides is 1. The molecule has 1 amide bonds. The molecule has 0 unspecified atom stereocenters. The summed E-state index contributed by atoms with van der Waals surface area (Å²) in [5.74, 6) is 0.570. The fourth-order valence-corrected chi connectivity index (χ4v) is 5.15. The minimum Gasteiger partial charge on any atom is -0.351 e. The van der Waals surface area contributed by atoms with Crippen molar-refractivity contribution in [3.63, 3.8) is 0 Å². The molecule has 138 valence electrons. The van der Waals surface area contributed by atoms with Crippen LogP contribution in [0.1, 0.15) is 38.2 Å². The summed E-state index contributed by atoms with van der Waals surface area (Å²) in [6.07, 6.45) is 4.40. The number of carbonyl (C=O) groups is 1. The first-order valence-electron chi connectivity index (χ1n) is 9.05. The highest BCUT2D eigenvalue weighted by atomic mass is 32.2. The summed E-state index contributed by atoms with van der Waals surface area (Å²) in [6.45, 7) is 4.23. The highest BCUT2D eigenvalue weighted by molar-refractivity contribution is 7.89. The zero-order chi connectivity index (χ0) is 17.9. The van der Waals surface area contributed by atoms with Gasteiger partial charge in [-0.3, -0.25) is 4.79 Å². The molecule has 25 heavy (non-hydrogen) atoms. The third kappa shape index (κ3) is 3.73. The van der Waals surface area contributed by atoms with Crippen LogP contribution in [0.2, 0.25) is 0 Å². The molecule has 2 aliphatic rings. The molecule has 0 bridgehead atoms. The molecule has 6 nitrogen and oxygen atoms in total. The molecule has 2 atom stereocenters. The maximum absolute atomic E-state index is 12.8. The standard InChI is InChI=1S/C18H27N3O3S/c1-2-21-25(23,24)16-8-6-14(7-9-16)11-20-17(22)18-10-4-3-5-15(18)12-19-13-18/h6-9,15,19,21H,2-5,10-13H2,1H3,(H,20,22)/t15-,18+/m0/s1. The van der Waals surface area contributed by atoms with Gasteiger partial charge in [0.2, 0.25) is 15.9 Å². The molecule has 1 aromatic carbocycles. The van der Waals surface area contributed by atoms with Crippen molar-refractivity contribution in [2.24, 2.45) is 11.3 Å². The number of rotatable bonds is 6. The van der Waals surface area contributed by atoms with E-state index >= 15 is 0 Å². The van der Waals surface area contributed by atoms with Gasteiger partial charge < -0.3 is 10.6 Å². The molecule has 1 heterocycles. The predicted octanol–water partition coefficient (Wildman–Crippen LogP) is 1.38. The zero-order valence-corrected chi connectivity index (χ0v) is 15.5. The van der Waals surface area contributed by atoms with Crippen molar-refractivity contribution in [3.8, 4) is 0 Å². The number of hydrogen-bond donors (Lipinski definition) is 3. The third-order valence-electron chi connectivity index (χ3n) is 5.51. The van der Waals surface area contributed by atoms with Gasteiger partial charge in [0.05, 0.1) is 10.3 Å². The van der Waals surface area contributed by atoms with E-state index in [1.165, 1.54) is 6.42 Å². The van der Waals surface area contributed by atoms with Gasteiger partial charge in [0, 0.05) is 19.6 Å². The summed E-state index contributed by atoms with van der Waals surface area (Å²) in [7, 11) is -3.43. The first-order chi connectivity index (χ1) is 12.0. The lowest BCUT2D eigenvalue weighted by Crippen LogP contribution is -2.47. The van der Waals surface area contributed by atoms with E-state index in [-0.39, 0.29) is 16.2 Å². The van der Waals surface area contributed by atoms with Crippen LogP contribution in [-0.2, 0) is 21.4 Å². The van der Waals surface area contributed by atoms with E-state index in [9.17, 15) is 13.2 Å². The summed E-state index contributed by atoms with van der Waals surface area (Å²) < 4.78 is 26.4. The van der Waals surface area contributed by atoms with E-state index in [2.05, 4.69) is 15.4 Å².